The molecule has 0 bridgehead atoms. The first-order valence-corrected chi connectivity index (χ1v) is 8.93. The highest BCUT2D eigenvalue weighted by molar-refractivity contribution is 5.25. The number of benzene rings is 1. The van der Waals surface area contributed by atoms with E-state index in [1.807, 2.05) is 0 Å². The van der Waals surface area contributed by atoms with Crippen molar-refractivity contribution in [2.24, 2.45) is 0 Å². The summed E-state index contributed by atoms with van der Waals surface area (Å²) < 4.78 is 0. The van der Waals surface area contributed by atoms with E-state index in [0.29, 0.717) is 0 Å². The third kappa shape index (κ3) is 5.69. The number of hydrogen-bond acceptors (Lipinski definition) is 0. The zero-order chi connectivity index (χ0) is 14.0. The summed E-state index contributed by atoms with van der Waals surface area (Å²) in [4.78, 5) is 0. The maximum Gasteiger partial charge on any atom is -0.0162 e. The molecule has 0 N–H and O–H groups in total. The van der Waals surface area contributed by atoms with Crippen molar-refractivity contribution in [1.82, 2.24) is 0 Å². The minimum atomic E-state index is 0.815. The van der Waals surface area contributed by atoms with Gasteiger partial charge in [0, 0.05) is 0 Å². The third-order valence-corrected chi connectivity index (χ3v) is 4.87. The van der Waals surface area contributed by atoms with Crippen LogP contribution in [0.2, 0.25) is 0 Å². The van der Waals surface area contributed by atoms with Gasteiger partial charge in [-0.3, -0.25) is 0 Å². The Morgan fingerprint density at radius 1 is 0.700 bits per heavy atom. The van der Waals surface area contributed by atoms with Crippen LogP contribution in [0.5, 0.6) is 0 Å². The zero-order valence-corrected chi connectivity index (χ0v) is 13.4. The van der Waals surface area contributed by atoms with E-state index in [2.05, 4.69) is 31.2 Å². The summed E-state index contributed by atoms with van der Waals surface area (Å²) in [6.45, 7) is 2.23. The predicted molar refractivity (Wildman–Crippen MR) is 89.3 cm³/mol. The summed E-state index contributed by atoms with van der Waals surface area (Å²) in [6.07, 6.45) is 17.4. The van der Waals surface area contributed by atoms with E-state index >= 15 is 0 Å². The molecule has 0 radical (unpaired) electrons. The van der Waals surface area contributed by atoms with E-state index in [9.17, 15) is 0 Å². The van der Waals surface area contributed by atoms with Crippen LogP contribution in [-0.2, 0) is 0 Å². The van der Waals surface area contributed by atoms with Crippen molar-refractivity contribution < 1.29 is 0 Å². The van der Waals surface area contributed by atoms with Crippen LogP contribution >= 0.6 is 0 Å². The SMILES string of the molecule is Cc1cccc(C2CCCCCCCCCCCC2)c1. The van der Waals surface area contributed by atoms with Crippen molar-refractivity contribution in [2.75, 3.05) is 0 Å². The summed E-state index contributed by atoms with van der Waals surface area (Å²) in [7, 11) is 0. The van der Waals surface area contributed by atoms with E-state index in [-0.39, 0.29) is 0 Å². The highest BCUT2D eigenvalue weighted by atomic mass is 14.2. The van der Waals surface area contributed by atoms with Crippen molar-refractivity contribution >= 4 is 0 Å². The molecule has 0 amide bonds. The molecule has 0 atom stereocenters. The lowest BCUT2D eigenvalue weighted by Crippen LogP contribution is -2.00. The van der Waals surface area contributed by atoms with Gasteiger partial charge in [-0.15, -0.1) is 0 Å². The Kier molecular flexibility index (Phi) is 7.19. The summed E-state index contributed by atoms with van der Waals surface area (Å²) >= 11 is 0. The minimum absolute atomic E-state index is 0.815. The van der Waals surface area contributed by atoms with Gasteiger partial charge >= 0.3 is 0 Å². The molecule has 1 saturated carbocycles. The molecule has 0 heteroatoms. The molecule has 0 heterocycles. The Hall–Kier alpha value is -0.780. The second-order valence-electron chi connectivity index (χ2n) is 6.72. The molecule has 1 aromatic carbocycles. The average Bonchev–Trinajstić information content (AvgIpc) is 2.48. The molecule has 0 unspecified atom stereocenters. The summed E-state index contributed by atoms with van der Waals surface area (Å²) in [5.74, 6) is 0.815. The molecule has 112 valence electrons. The van der Waals surface area contributed by atoms with Gasteiger partial charge in [0.1, 0.15) is 0 Å². The van der Waals surface area contributed by atoms with Crippen molar-refractivity contribution in [3.63, 3.8) is 0 Å². The van der Waals surface area contributed by atoms with E-state index in [4.69, 9.17) is 0 Å². The van der Waals surface area contributed by atoms with E-state index in [0.717, 1.165) is 5.92 Å². The van der Waals surface area contributed by atoms with Gasteiger partial charge in [-0.25, -0.2) is 0 Å². The maximum atomic E-state index is 2.42. The van der Waals surface area contributed by atoms with Gasteiger partial charge in [0.15, 0.2) is 0 Å². The second-order valence-corrected chi connectivity index (χ2v) is 6.72. The lowest BCUT2D eigenvalue weighted by molar-refractivity contribution is 0.500. The van der Waals surface area contributed by atoms with Gasteiger partial charge in [0.05, 0.1) is 0 Å². The number of hydrogen-bond donors (Lipinski definition) is 0. The standard InChI is InChI=1S/C20H32/c1-18-13-12-16-20(17-18)19-14-10-8-6-4-2-3-5-7-9-11-15-19/h12-13,16-17,19H,2-11,14-15H2,1H3. The molecule has 1 aliphatic carbocycles. The molecule has 20 heavy (non-hydrogen) atoms. The molecule has 1 fully saturated rings. The fourth-order valence-corrected chi connectivity index (χ4v) is 3.60. The number of aryl methyl sites for hydroxylation is 1. The van der Waals surface area contributed by atoms with E-state index in [1.165, 1.54) is 82.6 Å². The van der Waals surface area contributed by atoms with Gasteiger partial charge in [-0.1, -0.05) is 94.0 Å². The van der Waals surface area contributed by atoms with Crippen LogP contribution in [0.25, 0.3) is 0 Å². The quantitative estimate of drug-likeness (QED) is 0.529. The maximum absolute atomic E-state index is 2.42. The van der Waals surface area contributed by atoms with E-state index < -0.39 is 0 Å². The van der Waals surface area contributed by atoms with Crippen LogP contribution in [0.4, 0.5) is 0 Å². The predicted octanol–water partition coefficient (Wildman–Crippen LogP) is 6.77. The highest BCUT2D eigenvalue weighted by Crippen LogP contribution is 2.29. The average molecular weight is 272 g/mol. The van der Waals surface area contributed by atoms with Crippen LogP contribution in [0.3, 0.4) is 0 Å². The topological polar surface area (TPSA) is 0 Å². The Labute approximate surface area is 126 Å². The van der Waals surface area contributed by atoms with Gasteiger partial charge in [-0.2, -0.15) is 0 Å². The van der Waals surface area contributed by atoms with Crippen LogP contribution < -0.4 is 0 Å². The molecule has 1 aromatic rings. The molecule has 0 aliphatic heterocycles. The van der Waals surface area contributed by atoms with Crippen molar-refractivity contribution in [1.29, 1.82) is 0 Å². The first-order chi connectivity index (χ1) is 9.86. The minimum Gasteiger partial charge on any atom is -0.0617 e. The van der Waals surface area contributed by atoms with Crippen molar-refractivity contribution in [2.45, 2.75) is 89.9 Å². The second kappa shape index (κ2) is 9.21. The zero-order valence-electron chi connectivity index (χ0n) is 13.4. The summed E-state index contributed by atoms with van der Waals surface area (Å²) in [5.41, 5.74) is 3.02. The van der Waals surface area contributed by atoms with Gasteiger partial charge < -0.3 is 0 Å². The Morgan fingerprint density at radius 2 is 1.20 bits per heavy atom. The third-order valence-electron chi connectivity index (χ3n) is 4.87. The fraction of sp³-hybridized carbons (Fsp3) is 0.700. The number of rotatable bonds is 1. The summed E-state index contributed by atoms with van der Waals surface area (Å²) in [5, 5.41) is 0. The Morgan fingerprint density at radius 3 is 1.70 bits per heavy atom. The lowest BCUT2D eigenvalue weighted by Gasteiger charge is -2.18. The molecule has 0 saturated heterocycles. The van der Waals surface area contributed by atoms with E-state index in [1.54, 1.807) is 5.56 Å². The first kappa shape index (κ1) is 15.6. The lowest BCUT2D eigenvalue weighted by atomic mass is 9.87. The van der Waals surface area contributed by atoms with Crippen molar-refractivity contribution in [3.8, 4) is 0 Å². The Bertz CT molecular complexity index is 352. The molecular formula is C20H32. The largest absolute Gasteiger partial charge is 0.0617 e. The first-order valence-electron chi connectivity index (χ1n) is 8.93. The van der Waals surface area contributed by atoms with Crippen LogP contribution in [0.15, 0.2) is 24.3 Å². The molecule has 0 spiro atoms. The van der Waals surface area contributed by atoms with Crippen LogP contribution in [0.1, 0.15) is 94.1 Å². The molecule has 1 aliphatic rings. The summed E-state index contributed by atoms with van der Waals surface area (Å²) in [6, 6.07) is 9.24. The molecule has 0 aromatic heterocycles. The van der Waals surface area contributed by atoms with Crippen LogP contribution in [-0.4, -0.2) is 0 Å². The highest BCUT2D eigenvalue weighted by Gasteiger charge is 2.11. The monoisotopic (exact) mass is 272 g/mol. The van der Waals surface area contributed by atoms with Gasteiger partial charge in [0.2, 0.25) is 0 Å². The van der Waals surface area contributed by atoms with Crippen LogP contribution in [0, 0.1) is 6.92 Å². The molecule has 2 rings (SSSR count). The molecular weight excluding hydrogens is 240 g/mol. The molecule has 0 nitrogen and oxygen atoms in total. The van der Waals surface area contributed by atoms with Gasteiger partial charge in [0.25, 0.3) is 0 Å². The normalized spacial score (nSPS) is 20.6. The van der Waals surface area contributed by atoms with Gasteiger partial charge in [-0.05, 0) is 31.2 Å². The smallest absolute Gasteiger partial charge is 0.0162 e. The Balaban J connectivity index is 1.92. The van der Waals surface area contributed by atoms with Crippen molar-refractivity contribution in [3.05, 3.63) is 35.4 Å². The fourth-order valence-electron chi connectivity index (χ4n) is 3.60.